The standard InChI is InChI=1S/C12H21NO/c1-4-11(5-2)13-9-10-7-8-14-12(10)6-3/h1,10-13H,5-9H2,2-3H3. The highest BCUT2D eigenvalue weighted by Crippen LogP contribution is 2.22. The van der Waals surface area contributed by atoms with Gasteiger partial charge in [-0.2, -0.15) is 0 Å². The number of nitrogens with one attached hydrogen (secondary N) is 1. The molecule has 1 saturated heterocycles. The highest BCUT2D eigenvalue weighted by Gasteiger charge is 2.26. The fourth-order valence-corrected chi connectivity index (χ4v) is 1.99. The van der Waals surface area contributed by atoms with Crippen LogP contribution < -0.4 is 5.32 Å². The Labute approximate surface area is 87.4 Å². The summed E-state index contributed by atoms with van der Waals surface area (Å²) in [5.41, 5.74) is 0. The van der Waals surface area contributed by atoms with Crippen molar-refractivity contribution in [3.63, 3.8) is 0 Å². The molecule has 0 radical (unpaired) electrons. The van der Waals surface area contributed by atoms with Gasteiger partial charge in [0, 0.05) is 13.2 Å². The Hall–Kier alpha value is -0.520. The van der Waals surface area contributed by atoms with Crippen molar-refractivity contribution in [1.29, 1.82) is 0 Å². The lowest BCUT2D eigenvalue weighted by molar-refractivity contribution is 0.0869. The first-order valence-corrected chi connectivity index (χ1v) is 5.62. The topological polar surface area (TPSA) is 21.3 Å². The largest absolute Gasteiger partial charge is 0.378 e. The zero-order valence-electron chi connectivity index (χ0n) is 9.25. The van der Waals surface area contributed by atoms with Crippen LogP contribution in [-0.4, -0.2) is 25.3 Å². The van der Waals surface area contributed by atoms with E-state index in [2.05, 4.69) is 25.1 Å². The van der Waals surface area contributed by atoms with Crippen LogP contribution in [0.4, 0.5) is 0 Å². The molecule has 14 heavy (non-hydrogen) atoms. The smallest absolute Gasteiger partial charge is 0.0684 e. The maximum Gasteiger partial charge on any atom is 0.0684 e. The lowest BCUT2D eigenvalue weighted by Gasteiger charge is -2.19. The predicted octanol–water partition coefficient (Wildman–Crippen LogP) is 1.80. The van der Waals surface area contributed by atoms with E-state index in [0.717, 1.165) is 26.0 Å². The van der Waals surface area contributed by atoms with Gasteiger partial charge >= 0.3 is 0 Å². The van der Waals surface area contributed by atoms with E-state index in [1.165, 1.54) is 6.42 Å². The van der Waals surface area contributed by atoms with Crippen molar-refractivity contribution in [2.45, 2.75) is 45.3 Å². The van der Waals surface area contributed by atoms with E-state index in [4.69, 9.17) is 11.2 Å². The van der Waals surface area contributed by atoms with E-state index in [0.29, 0.717) is 12.0 Å². The van der Waals surface area contributed by atoms with E-state index < -0.39 is 0 Å². The maximum absolute atomic E-state index is 5.62. The summed E-state index contributed by atoms with van der Waals surface area (Å²) < 4.78 is 5.62. The molecule has 1 N–H and O–H groups in total. The number of hydrogen-bond donors (Lipinski definition) is 1. The Bertz CT molecular complexity index is 197. The van der Waals surface area contributed by atoms with Crippen LogP contribution in [0, 0.1) is 18.3 Å². The van der Waals surface area contributed by atoms with E-state index >= 15 is 0 Å². The van der Waals surface area contributed by atoms with Gasteiger partial charge in [0.1, 0.15) is 0 Å². The fourth-order valence-electron chi connectivity index (χ4n) is 1.99. The summed E-state index contributed by atoms with van der Waals surface area (Å²) in [6.45, 7) is 6.21. The molecule has 1 aliphatic heterocycles. The fraction of sp³-hybridized carbons (Fsp3) is 0.833. The minimum Gasteiger partial charge on any atom is -0.378 e. The van der Waals surface area contributed by atoms with Crippen LogP contribution in [0.15, 0.2) is 0 Å². The van der Waals surface area contributed by atoms with E-state index in [-0.39, 0.29) is 6.04 Å². The van der Waals surface area contributed by atoms with Crippen molar-refractivity contribution in [2.75, 3.05) is 13.2 Å². The Morgan fingerprint density at radius 2 is 2.36 bits per heavy atom. The molecule has 3 atom stereocenters. The molecule has 2 heteroatoms. The second kappa shape index (κ2) is 6.06. The minimum absolute atomic E-state index is 0.230. The van der Waals surface area contributed by atoms with Crippen LogP contribution in [0.25, 0.3) is 0 Å². The normalized spacial score (nSPS) is 28.6. The van der Waals surface area contributed by atoms with Crippen LogP contribution >= 0.6 is 0 Å². The van der Waals surface area contributed by atoms with Gasteiger partial charge in [0.2, 0.25) is 0 Å². The van der Waals surface area contributed by atoms with Crippen LogP contribution in [0.5, 0.6) is 0 Å². The third kappa shape index (κ3) is 3.01. The van der Waals surface area contributed by atoms with E-state index in [1.807, 2.05) is 0 Å². The summed E-state index contributed by atoms with van der Waals surface area (Å²) in [5.74, 6) is 3.41. The molecule has 1 fully saturated rings. The van der Waals surface area contributed by atoms with Gasteiger partial charge in [-0.15, -0.1) is 6.42 Å². The average molecular weight is 195 g/mol. The van der Waals surface area contributed by atoms with Gasteiger partial charge < -0.3 is 10.1 Å². The van der Waals surface area contributed by atoms with Crippen molar-refractivity contribution in [3.8, 4) is 12.3 Å². The van der Waals surface area contributed by atoms with Crippen LogP contribution in [0.1, 0.15) is 33.1 Å². The molecule has 1 rings (SSSR count). The zero-order valence-corrected chi connectivity index (χ0v) is 9.25. The molecule has 1 aliphatic rings. The highest BCUT2D eigenvalue weighted by atomic mass is 16.5. The summed E-state index contributed by atoms with van der Waals surface area (Å²) in [6, 6.07) is 0.230. The van der Waals surface area contributed by atoms with Crippen molar-refractivity contribution < 1.29 is 4.74 Å². The average Bonchev–Trinajstić information content (AvgIpc) is 2.67. The monoisotopic (exact) mass is 195 g/mol. The summed E-state index contributed by atoms with van der Waals surface area (Å²) >= 11 is 0. The van der Waals surface area contributed by atoms with Crippen molar-refractivity contribution >= 4 is 0 Å². The SMILES string of the molecule is C#CC(CC)NCC1CCOC1CC. The first-order chi connectivity index (χ1) is 6.81. The Morgan fingerprint density at radius 3 is 2.93 bits per heavy atom. The first kappa shape index (κ1) is 11.6. The van der Waals surface area contributed by atoms with Gasteiger partial charge in [-0.05, 0) is 25.2 Å². The molecule has 0 amide bonds. The van der Waals surface area contributed by atoms with Gasteiger partial charge in [0.05, 0.1) is 12.1 Å². The van der Waals surface area contributed by atoms with Crippen molar-refractivity contribution in [2.24, 2.45) is 5.92 Å². The molecule has 0 aromatic carbocycles. The zero-order chi connectivity index (χ0) is 10.4. The Morgan fingerprint density at radius 1 is 1.57 bits per heavy atom. The second-order valence-electron chi connectivity index (χ2n) is 3.90. The summed E-state index contributed by atoms with van der Waals surface area (Å²) in [4.78, 5) is 0. The van der Waals surface area contributed by atoms with Crippen LogP contribution in [0.2, 0.25) is 0 Å². The minimum atomic E-state index is 0.230. The maximum atomic E-state index is 5.62. The molecule has 2 nitrogen and oxygen atoms in total. The van der Waals surface area contributed by atoms with Crippen molar-refractivity contribution in [1.82, 2.24) is 5.32 Å². The third-order valence-corrected chi connectivity index (χ3v) is 2.98. The molecule has 0 aromatic heterocycles. The molecule has 0 saturated carbocycles. The number of ether oxygens (including phenoxy) is 1. The second-order valence-corrected chi connectivity index (χ2v) is 3.90. The molecule has 0 bridgehead atoms. The van der Waals surface area contributed by atoms with Gasteiger partial charge in [-0.25, -0.2) is 0 Å². The first-order valence-electron chi connectivity index (χ1n) is 5.62. The molecule has 0 aromatic rings. The third-order valence-electron chi connectivity index (χ3n) is 2.98. The van der Waals surface area contributed by atoms with Gasteiger partial charge in [0.25, 0.3) is 0 Å². The van der Waals surface area contributed by atoms with Crippen molar-refractivity contribution in [3.05, 3.63) is 0 Å². The summed E-state index contributed by atoms with van der Waals surface area (Å²) in [6.07, 6.45) is 9.12. The molecule has 0 aliphatic carbocycles. The van der Waals surface area contributed by atoms with E-state index in [9.17, 15) is 0 Å². The lowest BCUT2D eigenvalue weighted by Crippen LogP contribution is -2.34. The summed E-state index contributed by atoms with van der Waals surface area (Å²) in [5, 5.41) is 3.41. The molecular formula is C12H21NO. The van der Waals surface area contributed by atoms with Crippen LogP contribution in [-0.2, 0) is 4.74 Å². The van der Waals surface area contributed by atoms with E-state index in [1.54, 1.807) is 0 Å². The molecule has 0 spiro atoms. The molecular weight excluding hydrogens is 174 g/mol. The van der Waals surface area contributed by atoms with Gasteiger partial charge in [-0.3, -0.25) is 0 Å². The lowest BCUT2D eigenvalue weighted by atomic mass is 9.99. The quantitative estimate of drug-likeness (QED) is 0.675. The summed E-state index contributed by atoms with van der Waals surface area (Å²) in [7, 11) is 0. The number of hydrogen-bond acceptors (Lipinski definition) is 2. The molecule has 1 heterocycles. The van der Waals surface area contributed by atoms with Gasteiger partial charge in [-0.1, -0.05) is 19.8 Å². The Kier molecular flexibility index (Phi) is 5.00. The molecule has 80 valence electrons. The molecule has 3 unspecified atom stereocenters. The highest BCUT2D eigenvalue weighted by molar-refractivity contribution is 4.98. The number of terminal acetylenes is 1. The number of rotatable bonds is 5. The van der Waals surface area contributed by atoms with Gasteiger partial charge in [0.15, 0.2) is 0 Å². The Balaban J connectivity index is 2.26. The van der Waals surface area contributed by atoms with Crippen LogP contribution in [0.3, 0.4) is 0 Å². The predicted molar refractivity (Wildman–Crippen MR) is 59.1 cm³/mol.